The molecule has 0 bridgehead atoms. The number of aliphatic imine (C=N–C) groups is 1. The van der Waals surface area contributed by atoms with E-state index in [0.29, 0.717) is 46.3 Å². The van der Waals surface area contributed by atoms with E-state index < -0.39 is 5.41 Å². The molecule has 0 unspecified atom stereocenters. The summed E-state index contributed by atoms with van der Waals surface area (Å²) in [5.41, 5.74) is 3.63. The van der Waals surface area contributed by atoms with Crippen molar-refractivity contribution < 1.29 is 14.4 Å². The summed E-state index contributed by atoms with van der Waals surface area (Å²) < 4.78 is 2.62. The monoisotopic (exact) mass is 556 g/mol. The second kappa shape index (κ2) is 7.71. The van der Waals surface area contributed by atoms with Gasteiger partial charge in [-0.2, -0.15) is 0 Å². The largest absolute Gasteiger partial charge is 0.381 e. The topological polar surface area (TPSA) is 92.6 Å². The van der Waals surface area contributed by atoms with Crippen LogP contribution in [0.1, 0.15) is 28.0 Å². The molecule has 32 heavy (non-hydrogen) atoms. The maximum Gasteiger partial charge on any atom is 0.240 e. The molecule has 1 aromatic heterocycles. The molecule has 9 heteroatoms. The minimum Gasteiger partial charge on any atom is -0.381 e. The van der Waals surface area contributed by atoms with Gasteiger partial charge < -0.3 is 15.2 Å². The van der Waals surface area contributed by atoms with E-state index in [2.05, 4.69) is 48.4 Å². The number of hydrogen-bond donors (Lipinski definition) is 2. The normalized spacial score (nSPS) is 20.5. The first-order chi connectivity index (χ1) is 15.4. The van der Waals surface area contributed by atoms with Gasteiger partial charge in [0.25, 0.3) is 0 Å². The number of allylic oxidation sites excluding steroid dienone is 6. The number of hydrogen-bond acceptors (Lipinski definition) is 5. The summed E-state index contributed by atoms with van der Waals surface area (Å²) in [6, 6.07) is 0. The molecule has 0 saturated carbocycles. The van der Waals surface area contributed by atoms with Crippen LogP contribution in [-0.4, -0.2) is 47.4 Å². The Kier molecular flexibility index (Phi) is 5.10. The fourth-order valence-corrected chi connectivity index (χ4v) is 6.40. The third-order valence-corrected chi connectivity index (χ3v) is 7.36. The number of nitrogens with one attached hydrogen (secondary N) is 2. The Morgan fingerprint density at radius 2 is 2.03 bits per heavy atom. The molecular weight excluding hydrogens is 540 g/mol. The number of Topliss-reactive ketones (excluding diaryl/α,β-unsaturated/α-hetero) is 2. The molecule has 4 aliphatic rings. The van der Waals surface area contributed by atoms with Crippen molar-refractivity contribution in [2.45, 2.75) is 19.4 Å². The highest BCUT2D eigenvalue weighted by Crippen LogP contribution is 2.49. The predicted octanol–water partition coefficient (Wildman–Crippen LogP) is 2.15. The van der Waals surface area contributed by atoms with Crippen molar-refractivity contribution in [1.29, 1.82) is 0 Å². The van der Waals surface area contributed by atoms with Crippen LogP contribution in [0.2, 0.25) is 0 Å². The zero-order valence-electron chi connectivity index (χ0n) is 16.9. The zero-order chi connectivity index (χ0) is 22.6. The molecule has 0 atom stereocenters. The summed E-state index contributed by atoms with van der Waals surface area (Å²) in [5.74, 6) is 1.83. The van der Waals surface area contributed by atoms with Crippen LogP contribution in [0.3, 0.4) is 0 Å². The number of amides is 1. The molecule has 7 nitrogen and oxygen atoms in total. The summed E-state index contributed by atoms with van der Waals surface area (Å²) in [7, 11) is 0. The number of terminal acetylenes is 1. The van der Waals surface area contributed by atoms with E-state index in [1.165, 1.54) is 0 Å². The van der Waals surface area contributed by atoms with Crippen LogP contribution >= 0.6 is 31.9 Å². The molecule has 1 spiro atoms. The first-order valence-corrected chi connectivity index (χ1v) is 11.8. The molecule has 2 aliphatic heterocycles. The van der Waals surface area contributed by atoms with Crippen molar-refractivity contribution in [3.63, 3.8) is 0 Å². The van der Waals surface area contributed by atoms with Gasteiger partial charge in [0.1, 0.15) is 12.2 Å². The highest BCUT2D eigenvalue weighted by atomic mass is 79.9. The molecule has 5 rings (SSSR count). The van der Waals surface area contributed by atoms with Crippen LogP contribution in [0.25, 0.3) is 0 Å². The number of carbonyl (C=O) groups is 3. The highest BCUT2D eigenvalue weighted by Gasteiger charge is 2.48. The number of aromatic nitrogens is 1. The van der Waals surface area contributed by atoms with Crippen molar-refractivity contribution in [2.75, 3.05) is 19.6 Å². The Morgan fingerprint density at radius 1 is 1.28 bits per heavy atom. The predicted molar refractivity (Wildman–Crippen MR) is 127 cm³/mol. The molecule has 2 N–H and O–H groups in total. The molecular formula is C23H18Br2N4O3. The smallest absolute Gasteiger partial charge is 0.240 e. The Bertz CT molecular complexity index is 1250. The van der Waals surface area contributed by atoms with Gasteiger partial charge in [0, 0.05) is 35.8 Å². The number of rotatable bonds is 3. The van der Waals surface area contributed by atoms with Gasteiger partial charge in [-0.3, -0.25) is 19.4 Å². The second-order valence-corrected chi connectivity index (χ2v) is 9.79. The maximum absolute atomic E-state index is 13.7. The number of nitrogens with zero attached hydrogens (tertiary/aromatic N) is 2. The first kappa shape index (κ1) is 21.2. The van der Waals surface area contributed by atoms with Crippen LogP contribution in [0.5, 0.6) is 0 Å². The van der Waals surface area contributed by atoms with Crippen molar-refractivity contribution in [3.05, 3.63) is 55.4 Å². The fourth-order valence-electron chi connectivity index (χ4n) is 4.89. The van der Waals surface area contributed by atoms with Crippen LogP contribution in [0, 0.1) is 17.8 Å². The fraction of sp³-hybridized carbons (Fsp3) is 0.304. The Morgan fingerprint density at radius 3 is 2.75 bits per heavy atom. The molecule has 0 saturated heterocycles. The SMILES string of the molecule is C#CCNC(=O)Cn1cc2c3c1C(=O)C1=C(C3=NCC2)C2(C=C(Br)C(=O)C(Br)=C2)CCN1. The van der Waals surface area contributed by atoms with E-state index in [4.69, 9.17) is 11.4 Å². The molecule has 0 fully saturated rings. The Balaban J connectivity index is 1.67. The van der Waals surface area contributed by atoms with Crippen molar-refractivity contribution in [1.82, 2.24) is 15.2 Å². The van der Waals surface area contributed by atoms with Crippen molar-refractivity contribution >= 4 is 55.0 Å². The molecule has 3 heterocycles. The molecule has 0 radical (unpaired) electrons. The molecule has 1 aromatic rings. The molecule has 0 aromatic carbocycles. The maximum atomic E-state index is 13.7. The van der Waals surface area contributed by atoms with Gasteiger partial charge in [-0.15, -0.1) is 6.42 Å². The van der Waals surface area contributed by atoms with Gasteiger partial charge >= 0.3 is 0 Å². The lowest BCUT2D eigenvalue weighted by Crippen LogP contribution is -2.45. The summed E-state index contributed by atoms with van der Waals surface area (Å²) in [6.07, 6.45) is 12.2. The lowest BCUT2D eigenvalue weighted by Gasteiger charge is -2.41. The third-order valence-electron chi connectivity index (χ3n) is 6.18. The first-order valence-electron chi connectivity index (χ1n) is 10.2. The van der Waals surface area contributed by atoms with Crippen molar-refractivity contribution in [2.24, 2.45) is 10.4 Å². The third kappa shape index (κ3) is 3.08. The summed E-state index contributed by atoms with van der Waals surface area (Å²) in [6.45, 7) is 1.29. The number of halogens is 2. The minimum atomic E-state index is -0.640. The highest BCUT2D eigenvalue weighted by molar-refractivity contribution is 9.13. The van der Waals surface area contributed by atoms with Gasteiger partial charge in [-0.1, -0.05) is 18.1 Å². The lowest BCUT2D eigenvalue weighted by molar-refractivity contribution is -0.121. The number of ketones is 2. The van der Waals surface area contributed by atoms with Crippen LogP contribution in [0.15, 0.2) is 43.6 Å². The number of carbonyl (C=O) groups excluding carboxylic acids is 3. The van der Waals surface area contributed by atoms with Crippen LogP contribution in [0.4, 0.5) is 0 Å². The van der Waals surface area contributed by atoms with E-state index in [1.54, 1.807) is 4.57 Å². The molecule has 1 amide bonds. The van der Waals surface area contributed by atoms with Crippen molar-refractivity contribution in [3.8, 4) is 12.3 Å². The Hall–Kier alpha value is -2.70. The second-order valence-electron chi connectivity index (χ2n) is 8.08. The average Bonchev–Trinajstić information content (AvgIpc) is 3.13. The van der Waals surface area contributed by atoms with Gasteiger partial charge in [-0.25, -0.2) is 0 Å². The van der Waals surface area contributed by atoms with E-state index in [1.807, 2.05) is 18.3 Å². The van der Waals surface area contributed by atoms with Gasteiger partial charge in [0.2, 0.25) is 17.5 Å². The molecule has 2 aliphatic carbocycles. The summed E-state index contributed by atoms with van der Waals surface area (Å²) in [4.78, 5) is 43.3. The number of fused-ring (bicyclic) bond motifs is 2. The van der Waals surface area contributed by atoms with Gasteiger partial charge in [0.15, 0.2) is 0 Å². The molecule has 162 valence electrons. The van der Waals surface area contributed by atoms with E-state index in [-0.39, 0.29) is 30.6 Å². The summed E-state index contributed by atoms with van der Waals surface area (Å²) in [5, 5.41) is 5.92. The zero-order valence-corrected chi connectivity index (χ0v) is 20.1. The summed E-state index contributed by atoms with van der Waals surface area (Å²) >= 11 is 6.80. The quantitative estimate of drug-likeness (QED) is 0.557. The standard InChI is InChI=1S/C23H18Br2N4O3/c1-2-5-26-15(30)11-29-10-12-3-6-27-18-16(12)20(29)22(32)19-17(18)23(4-7-28-19)8-13(24)21(31)14(25)9-23/h1,8-10,28H,3-7,11H2,(H,26,30). The van der Waals surface area contributed by atoms with Gasteiger partial charge in [-0.05, 0) is 50.3 Å². The van der Waals surface area contributed by atoms with E-state index in [0.717, 1.165) is 22.4 Å². The van der Waals surface area contributed by atoms with Crippen LogP contribution < -0.4 is 10.6 Å². The van der Waals surface area contributed by atoms with Crippen LogP contribution in [-0.2, 0) is 22.6 Å². The van der Waals surface area contributed by atoms with E-state index in [9.17, 15) is 14.4 Å². The van der Waals surface area contributed by atoms with Gasteiger partial charge in [0.05, 0.1) is 26.9 Å². The minimum absolute atomic E-state index is 0.00218. The van der Waals surface area contributed by atoms with E-state index >= 15 is 0 Å². The average molecular weight is 558 g/mol. The lowest BCUT2D eigenvalue weighted by atomic mass is 9.66. The Labute approximate surface area is 201 Å².